The Labute approximate surface area is 83.8 Å². The third-order valence-electron chi connectivity index (χ3n) is 1.33. The molecule has 0 fully saturated rings. The van der Waals surface area contributed by atoms with Crippen LogP contribution in [-0.4, -0.2) is 12.4 Å². The fraction of sp³-hybridized carbons (Fsp3) is 0.222. The third-order valence-corrected chi connectivity index (χ3v) is 1.98. The molecule has 0 aliphatic heterocycles. The van der Waals surface area contributed by atoms with E-state index in [1.807, 2.05) is 0 Å². The van der Waals surface area contributed by atoms with E-state index >= 15 is 0 Å². The van der Waals surface area contributed by atoms with Crippen molar-refractivity contribution in [3.05, 3.63) is 28.5 Å². The summed E-state index contributed by atoms with van der Waals surface area (Å²) < 4.78 is 18.3. The number of rotatable bonds is 3. The Bertz CT molecular complexity index is 325. The molecule has 0 saturated heterocycles. The summed E-state index contributed by atoms with van der Waals surface area (Å²) in [5.41, 5.74) is 0. The molecule has 2 nitrogen and oxygen atoms in total. The van der Waals surface area contributed by atoms with Gasteiger partial charge in [0.05, 0.1) is 4.47 Å². The fourth-order valence-electron chi connectivity index (χ4n) is 0.752. The lowest BCUT2D eigenvalue weighted by molar-refractivity contribution is -0.118. The van der Waals surface area contributed by atoms with Crippen molar-refractivity contribution < 1.29 is 13.9 Å². The SMILES string of the molecule is CC(=O)COc1ccc(Br)c(F)c1. The Morgan fingerprint density at radius 2 is 2.31 bits per heavy atom. The molecule has 0 atom stereocenters. The van der Waals surface area contributed by atoms with Gasteiger partial charge in [0, 0.05) is 6.07 Å². The summed E-state index contributed by atoms with van der Waals surface area (Å²) in [7, 11) is 0. The van der Waals surface area contributed by atoms with E-state index in [1.54, 1.807) is 6.07 Å². The number of hydrogen-bond acceptors (Lipinski definition) is 2. The highest BCUT2D eigenvalue weighted by Gasteiger charge is 2.01. The van der Waals surface area contributed by atoms with Gasteiger partial charge in [0.15, 0.2) is 5.78 Å². The summed E-state index contributed by atoms with van der Waals surface area (Å²) in [4.78, 5) is 10.5. The van der Waals surface area contributed by atoms with Gasteiger partial charge in [-0.15, -0.1) is 0 Å². The van der Waals surface area contributed by atoms with E-state index in [4.69, 9.17) is 4.74 Å². The minimum Gasteiger partial charge on any atom is -0.486 e. The van der Waals surface area contributed by atoms with Crippen molar-refractivity contribution in [1.82, 2.24) is 0 Å². The van der Waals surface area contributed by atoms with E-state index in [2.05, 4.69) is 15.9 Å². The second kappa shape index (κ2) is 4.37. The number of Topliss-reactive ketones (excluding diaryl/α,β-unsaturated/α-hetero) is 1. The molecule has 1 rings (SSSR count). The van der Waals surface area contributed by atoms with Gasteiger partial charge in [-0.05, 0) is 35.0 Å². The van der Waals surface area contributed by atoms with Crippen LogP contribution < -0.4 is 4.74 Å². The molecule has 0 unspecified atom stereocenters. The highest BCUT2D eigenvalue weighted by atomic mass is 79.9. The van der Waals surface area contributed by atoms with Crippen LogP contribution in [0.3, 0.4) is 0 Å². The van der Waals surface area contributed by atoms with Crippen molar-refractivity contribution in [2.24, 2.45) is 0 Å². The maximum atomic E-state index is 12.9. The lowest BCUT2D eigenvalue weighted by Gasteiger charge is -2.03. The predicted molar refractivity (Wildman–Crippen MR) is 50.3 cm³/mol. The van der Waals surface area contributed by atoms with Crippen LogP contribution in [0.5, 0.6) is 5.75 Å². The molecule has 4 heteroatoms. The number of benzene rings is 1. The molecule has 13 heavy (non-hydrogen) atoms. The molecule has 70 valence electrons. The van der Waals surface area contributed by atoms with Gasteiger partial charge >= 0.3 is 0 Å². The highest BCUT2D eigenvalue weighted by molar-refractivity contribution is 9.10. The van der Waals surface area contributed by atoms with E-state index in [0.717, 1.165) is 0 Å². The minimum absolute atomic E-state index is 0.0267. The molecule has 1 aromatic rings. The summed E-state index contributed by atoms with van der Waals surface area (Å²) in [5.74, 6) is -0.139. The molecule has 0 aliphatic carbocycles. The fourth-order valence-corrected chi connectivity index (χ4v) is 0.998. The summed E-state index contributed by atoms with van der Waals surface area (Å²) >= 11 is 3.01. The van der Waals surface area contributed by atoms with Crippen molar-refractivity contribution in [3.8, 4) is 5.75 Å². The van der Waals surface area contributed by atoms with Crippen LogP contribution in [0.4, 0.5) is 4.39 Å². The zero-order chi connectivity index (χ0) is 9.84. The molecule has 0 amide bonds. The van der Waals surface area contributed by atoms with Crippen LogP contribution in [0.2, 0.25) is 0 Å². The Kier molecular flexibility index (Phi) is 3.42. The molecule has 0 bridgehead atoms. The lowest BCUT2D eigenvalue weighted by atomic mass is 10.3. The number of ether oxygens (including phenoxy) is 1. The maximum Gasteiger partial charge on any atom is 0.167 e. The van der Waals surface area contributed by atoms with Crippen LogP contribution in [0, 0.1) is 5.82 Å². The average Bonchev–Trinajstić information content (AvgIpc) is 2.07. The van der Waals surface area contributed by atoms with Gasteiger partial charge in [0.1, 0.15) is 18.2 Å². The first-order valence-electron chi connectivity index (χ1n) is 3.67. The molecule has 0 heterocycles. The van der Waals surface area contributed by atoms with E-state index in [1.165, 1.54) is 19.1 Å². The molecule has 0 aliphatic rings. The Morgan fingerprint density at radius 3 is 2.85 bits per heavy atom. The zero-order valence-corrected chi connectivity index (χ0v) is 8.60. The van der Waals surface area contributed by atoms with Gasteiger partial charge in [-0.3, -0.25) is 4.79 Å². The molecule has 1 aromatic carbocycles. The van der Waals surface area contributed by atoms with Gasteiger partial charge < -0.3 is 4.74 Å². The van der Waals surface area contributed by atoms with E-state index in [9.17, 15) is 9.18 Å². The molecular formula is C9H8BrFO2. The lowest BCUT2D eigenvalue weighted by Crippen LogP contribution is -2.06. The third kappa shape index (κ3) is 3.14. The number of carbonyl (C=O) groups is 1. The smallest absolute Gasteiger partial charge is 0.167 e. The Balaban J connectivity index is 2.68. The van der Waals surface area contributed by atoms with Gasteiger partial charge in [0.2, 0.25) is 0 Å². The topological polar surface area (TPSA) is 26.3 Å². The van der Waals surface area contributed by atoms with Gasteiger partial charge in [-0.2, -0.15) is 0 Å². The largest absolute Gasteiger partial charge is 0.486 e. The van der Waals surface area contributed by atoms with Gasteiger partial charge in [-0.25, -0.2) is 4.39 Å². The molecule has 0 saturated carbocycles. The van der Waals surface area contributed by atoms with Crippen LogP contribution in [0.1, 0.15) is 6.92 Å². The van der Waals surface area contributed by atoms with Crippen molar-refractivity contribution in [2.75, 3.05) is 6.61 Å². The normalized spacial score (nSPS) is 9.77. The van der Waals surface area contributed by atoms with Gasteiger partial charge in [-0.1, -0.05) is 0 Å². The molecular weight excluding hydrogens is 239 g/mol. The van der Waals surface area contributed by atoms with Gasteiger partial charge in [0.25, 0.3) is 0 Å². The molecule has 0 aromatic heterocycles. The summed E-state index contributed by atoms with van der Waals surface area (Å²) in [6, 6.07) is 4.36. The van der Waals surface area contributed by atoms with Crippen molar-refractivity contribution >= 4 is 21.7 Å². The van der Waals surface area contributed by atoms with Crippen LogP contribution >= 0.6 is 15.9 Å². The van der Waals surface area contributed by atoms with Crippen molar-refractivity contribution in [1.29, 1.82) is 0 Å². The van der Waals surface area contributed by atoms with Crippen molar-refractivity contribution in [3.63, 3.8) is 0 Å². The average molecular weight is 247 g/mol. The van der Waals surface area contributed by atoms with E-state index < -0.39 is 5.82 Å². The second-order valence-electron chi connectivity index (χ2n) is 2.57. The predicted octanol–water partition coefficient (Wildman–Crippen LogP) is 2.56. The van der Waals surface area contributed by atoms with Crippen LogP contribution in [-0.2, 0) is 4.79 Å². The van der Waals surface area contributed by atoms with Crippen LogP contribution in [0.25, 0.3) is 0 Å². The standard InChI is InChI=1S/C9H8BrFO2/c1-6(12)5-13-7-2-3-8(10)9(11)4-7/h2-4H,5H2,1H3. The van der Waals surface area contributed by atoms with Crippen molar-refractivity contribution in [2.45, 2.75) is 6.92 Å². The number of ketones is 1. The van der Waals surface area contributed by atoms with E-state index in [0.29, 0.717) is 10.2 Å². The second-order valence-corrected chi connectivity index (χ2v) is 3.42. The minimum atomic E-state index is -0.402. The first-order chi connectivity index (χ1) is 6.09. The molecule has 0 spiro atoms. The van der Waals surface area contributed by atoms with Crippen LogP contribution in [0.15, 0.2) is 22.7 Å². The quantitative estimate of drug-likeness (QED) is 0.820. The summed E-state index contributed by atoms with van der Waals surface area (Å²) in [5, 5.41) is 0. The molecule has 0 N–H and O–H groups in total. The Morgan fingerprint density at radius 1 is 1.62 bits per heavy atom. The highest BCUT2D eigenvalue weighted by Crippen LogP contribution is 2.20. The number of hydrogen-bond donors (Lipinski definition) is 0. The summed E-state index contributed by atoms with van der Waals surface area (Å²) in [6.45, 7) is 1.39. The number of carbonyl (C=O) groups excluding carboxylic acids is 1. The first-order valence-corrected chi connectivity index (χ1v) is 4.46. The monoisotopic (exact) mass is 246 g/mol. The molecule has 0 radical (unpaired) electrons. The van der Waals surface area contributed by atoms with E-state index in [-0.39, 0.29) is 12.4 Å². The summed E-state index contributed by atoms with van der Waals surface area (Å²) in [6.07, 6.45) is 0. The number of halogens is 2. The zero-order valence-electron chi connectivity index (χ0n) is 7.01. The maximum absolute atomic E-state index is 12.9. The Hall–Kier alpha value is -0.900. The first kappa shape index (κ1) is 10.2.